The third kappa shape index (κ3) is 4.82. The van der Waals surface area contributed by atoms with Crippen LogP contribution in [0, 0.1) is 26.7 Å². The number of hydrogen-bond acceptors (Lipinski definition) is 7. The zero-order valence-corrected chi connectivity index (χ0v) is 25.1. The van der Waals surface area contributed by atoms with Gasteiger partial charge in [0.15, 0.2) is 12.1 Å². The highest BCUT2D eigenvalue weighted by atomic mass is 16.2. The van der Waals surface area contributed by atoms with Crippen molar-refractivity contribution in [1.29, 1.82) is 0 Å². The molecule has 3 heterocycles. The van der Waals surface area contributed by atoms with Crippen molar-refractivity contribution in [2.24, 2.45) is 21.4 Å². The van der Waals surface area contributed by atoms with Gasteiger partial charge < -0.3 is 0 Å². The van der Waals surface area contributed by atoms with Crippen LogP contribution in [-0.4, -0.2) is 52.1 Å². The molecule has 1 saturated heterocycles. The van der Waals surface area contributed by atoms with Gasteiger partial charge in [0.05, 0.1) is 17.4 Å². The van der Waals surface area contributed by atoms with Gasteiger partial charge in [0.1, 0.15) is 6.54 Å². The first-order chi connectivity index (χ1) is 21.3. The number of amides is 3. The SMILES string of the molecule is Cc1ccc(C=C2CCCC3C2=NN(C(=O)CN2N=NC4C(=O)N(c5ccc(C)cc5)C(=O)C42)C3c2ccc(C)cc2)cc1. The number of fused-ring (bicyclic) bond motifs is 2. The van der Waals surface area contributed by atoms with Crippen molar-refractivity contribution in [3.8, 4) is 0 Å². The van der Waals surface area contributed by atoms with Crippen LogP contribution in [0.1, 0.15) is 53.1 Å². The van der Waals surface area contributed by atoms with Crippen LogP contribution in [0.4, 0.5) is 5.69 Å². The molecule has 44 heavy (non-hydrogen) atoms. The molecule has 1 saturated carbocycles. The molecule has 9 nitrogen and oxygen atoms in total. The van der Waals surface area contributed by atoms with Crippen LogP contribution in [0.3, 0.4) is 0 Å². The molecule has 0 aromatic heterocycles. The van der Waals surface area contributed by atoms with E-state index in [9.17, 15) is 14.4 Å². The quantitative estimate of drug-likeness (QED) is 0.357. The number of hydrazone groups is 1. The molecule has 3 aromatic rings. The van der Waals surface area contributed by atoms with Gasteiger partial charge in [-0.1, -0.05) is 82.6 Å². The van der Waals surface area contributed by atoms with Crippen molar-refractivity contribution in [2.45, 2.75) is 58.2 Å². The molecule has 3 aromatic carbocycles. The van der Waals surface area contributed by atoms with Crippen LogP contribution in [0.15, 0.2) is 93.8 Å². The molecule has 7 rings (SSSR count). The molecule has 1 aliphatic carbocycles. The number of hydrogen-bond donors (Lipinski definition) is 0. The van der Waals surface area contributed by atoms with Crippen LogP contribution in [0.25, 0.3) is 6.08 Å². The van der Waals surface area contributed by atoms with Gasteiger partial charge in [-0.25, -0.2) is 9.91 Å². The van der Waals surface area contributed by atoms with E-state index in [0.717, 1.165) is 57.7 Å². The molecule has 2 fully saturated rings. The predicted molar refractivity (Wildman–Crippen MR) is 168 cm³/mol. The van der Waals surface area contributed by atoms with Gasteiger partial charge in [-0.3, -0.25) is 19.4 Å². The van der Waals surface area contributed by atoms with E-state index in [1.165, 1.54) is 10.6 Å². The fourth-order valence-corrected chi connectivity index (χ4v) is 6.68. The van der Waals surface area contributed by atoms with Crippen LogP contribution in [0.5, 0.6) is 0 Å². The Morgan fingerprint density at radius 2 is 1.48 bits per heavy atom. The lowest BCUT2D eigenvalue weighted by Crippen LogP contribution is -2.45. The number of rotatable bonds is 5. The first-order valence-corrected chi connectivity index (χ1v) is 15.1. The summed E-state index contributed by atoms with van der Waals surface area (Å²) in [5.41, 5.74) is 8.06. The number of aryl methyl sites for hydroxylation is 3. The molecule has 0 N–H and O–H groups in total. The topological polar surface area (TPSA) is 98.0 Å². The Labute approximate surface area is 256 Å². The van der Waals surface area contributed by atoms with Gasteiger partial charge in [0.2, 0.25) is 0 Å². The highest BCUT2D eigenvalue weighted by Gasteiger charge is 2.55. The van der Waals surface area contributed by atoms with E-state index in [0.29, 0.717) is 5.69 Å². The minimum absolute atomic E-state index is 0.0479. The molecule has 222 valence electrons. The second kappa shape index (κ2) is 11.0. The Hall–Kier alpha value is -4.92. The number of benzene rings is 3. The normalized spacial score (nSPS) is 25.1. The maximum absolute atomic E-state index is 14.1. The van der Waals surface area contributed by atoms with Gasteiger partial charge in [-0.2, -0.15) is 10.2 Å². The van der Waals surface area contributed by atoms with Gasteiger partial charge >= 0.3 is 0 Å². The number of allylic oxidation sites excluding steroid dienone is 1. The molecular formula is C35H34N6O3. The number of carbonyl (C=O) groups is 3. The summed E-state index contributed by atoms with van der Waals surface area (Å²) in [6.07, 6.45) is 4.99. The Kier molecular flexibility index (Phi) is 6.95. The van der Waals surface area contributed by atoms with Crippen molar-refractivity contribution >= 4 is 35.2 Å². The maximum atomic E-state index is 14.1. The van der Waals surface area contributed by atoms with Gasteiger partial charge in [-0.15, -0.1) is 0 Å². The average molecular weight is 587 g/mol. The van der Waals surface area contributed by atoms with Crippen molar-refractivity contribution < 1.29 is 14.4 Å². The Bertz CT molecular complexity index is 1730. The van der Waals surface area contributed by atoms with E-state index < -0.39 is 23.9 Å². The minimum Gasteiger partial charge on any atom is -0.271 e. The highest BCUT2D eigenvalue weighted by molar-refractivity contribution is 6.25. The van der Waals surface area contributed by atoms with Gasteiger partial charge in [0, 0.05) is 5.92 Å². The number of anilines is 1. The second-order valence-corrected chi connectivity index (χ2v) is 12.2. The summed E-state index contributed by atoms with van der Waals surface area (Å²) in [5, 5.41) is 16.2. The molecule has 4 unspecified atom stereocenters. The predicted octanol–water partition coefficient (Wildman–Crippen LogP) is 5.73. The summed E-state index contributed by atoms with van der Waals surface area (Å²) in [7, 11) is 0. The van der Waals surface area contributed by atoms with E-state index in [-0.39, 0.29) is 24.4 Å². The summed E-state index contributed by atoms with van der Waals surface area (Å²) in [5.74, 6) is -1.10. The molecule has 0 spiro atoms. The van der Waals surface area contributed by atoms with E-state index in [1.807, 2.05) is 26.0 Å². The van der Waals surface area contributed by atoms with Crippen molar-refractivity contribution in [1.82, 2.24) is 10.0 Å². The number of carbonyl (C=O) groups excluding carboxylic acids is 3. The second-order valence-electron chi connectivity index (χ2n) is 12.2. The van der Waals surface area contributed by atoms with Crippen LogP contribution < -0.4 is 4.90 Å². The van der Waals surface area contributed by atoms with Crippen LogP contribution >= 0.6 is 0 Å². The zero-order chi connectivity index (χ0) is 30.5. The third-order valence-electron chi connectivity index (χ3n) is 9.04. The van der Waals surface area contributed by atoms with E-state index in [1.54, 1.807) is 17.1 Å². The van der Waals surface area contributed by atoms with Crippen LogP contribution in [0.2, 0.25) is 0 Å². The van der Waals surface area contributed by atoms with Crippen molar-refractivity contribution in [3.05, 3.63) is 106 Å². The lowest BCUT2D eigenvalue weighted by Gasteiger charge is -2.30. The number of imide groups is 1. The van der Waals surface area contributed by atoms with Gasteiger partial charge in [0.25, 0.3) is 17.7 Å². The summed E-state index contributed by atoms with van der Waals surface area (Å²) in [6.45, 7) is 5.84. The molecular weight excluding hydrogens is 552 g/mol. The Balaban J connectivity index is 1.18. The van der Waals surface area contributed by atoms with Crippen LogP contribution in [-0.2, 0) is 14.4 Å². The maximum Gasteiger partial charge on any atom is 0.264 e. The lowest BCUT2D eigenvalue weighted by molar-refractivity contribution is -0.136. The zero-order valence-electron chi connectivity index (χ0n) is 25.1. The monoisotopic (exact) mass is 586 g/mol. The third-order valence-corrected chi connectivity index (χ3v) is 9.04. The standard InChI is InChI=1S/C35H34N6O3/c1-21-7-13-24(14-8-21)19-26-5-4-6-28-30(26)37-41(32(28)25-15-9-22(2)10-16-25)29(42)20-39-33-31(36-38-39)34(43)40(35(33)44)27-17-11-23(3)12-18-27/h7-19,28,31-33H,4-6,20H2,1-3H3. The fourth-order valence-electron chi connectivity index (χ4n) is 6.68. The molecule has 3 aliphatic heterocycles. The smallest absolute Gasteiger partial charge is 0.264 e. The summed E-state index contributed by atoms with van der Waals surface area (Å²) in [4.78, 5) is 42.0. The van der Waals surface area contributed by atoms with Gasteiger partial charge in [-0.05, 0) is 74.9 Å². The molecule has 9 heteroatoms. The summed E-state index contributed by atoms with van der Waals surface area (Å²) >= 11 is 0. The highest BCUT2D eigenvalue weighted by Crippen LogP contribution is 2.45. The lowest BCUT2D eigenvalue weighted by atomic mass is 9.77. The number of nitrogens with zero attached hydrogens (tertiary/aromatic N) is 6. The van der Waals surface area contributed by atoms with E-state index in [2.05, 4.69) is 71.9 Å². The molecule has 0 bridgehead atoms. The first kappa shape index (κ1) is 27.9. The summed E-state index contributed by atoms with van der Waals surface area (Å²) < 4.78 is 0. The summed E-state index contributed by atoms with van der Waals surface area (Å²) in [6, 6.07) is 21.7. The van der Waals surface area contributed by atoms with E-state index >= 15 is 0 Å². The minimum atomic E-state index is -0.971. The fraction of sp³-hybridized carbons (Fsp3) is 0.314. The largest absolute Gasteiger partial charge is 0.271 e. The average Bonchev–Trinajstić information content (AvgIpc) is 3.69. The molecule has 0 radical (unpaired) electrons. The van der Waals surface area contributed by atoms with Crippen molar-refractivity contribution in [2.75, 3.05) is 11.4 Å². The molecule has 3 amide bonds. The molecule has 4 aliphatic rings. The van der Waals surface area contributed by atoms with Crippen molar-refractivity contribution in [3.63, 3.8) is 0 Å². The Morgan fingerprint density at radius 1 is 0.841 bits per heavy atom. The van der Waals surface area contributed by atoms with E-state index in [4.69, 9.17) is 5.10 Å². The molecule has 4 atom stereocenters. The Morgan fingerprint density at radius 3 is 2.16 bits per heavy atom. The first-order valence-electron chi connectivity index (χ1n) is 15.1.